The Balaban J connectivity index is 1.54. The van der Waals surface area contributed by atoms with Crippen molar-refractivity contribution in [2.45, 2.75) is 26.2 Å². The first-order valence-corrected chi connectivity index (χ1v) is 7.85. The van der Waals surface area contributed by atoms with E-state index >= 15 is 0 Å². The molecule has 0 fully saturated rings. The Kier molecular flexibility index (Phi) is 4.34. The second-order valence-corrected chi connectivity index (χ2v) is 6.68. The molecule has 1 amide bonds. The quantitative estimate of drug-likeness (QED) is 0.929. The summed E-state index contributed by atoms with van der Waals surface area (Å²) in [7, 11) is 0. The standard InChI is InChI=1S/C19H21NO4/c1-19(2,3)13-4-6-14(7-5-13)20-18(21)11-22-15-8-9-16-17(10-15)24-12-23-16/h4-10H,11-12H2,1-3H3,(H,20,21). The van der Waals surface area contributed by atoms with E-state index in [4.69, 9.17) is 14.2 Å². The average molecular weight is 327 g/mol. The second kappa shape index (κ2) is 6.43. The predicted molar refractivity (Wildman–Crippen MR) is 91.8 cm³/mol. The molecule has 5 heteroatoms. The fourth-order valence-corrected chi connectivity index (χ4v) is 2.37. The molecule has 1 aliphatic rings. The first-order valence-electron chi connectivity index (χ1n) is 7.85. The average Bonchev–Trinajstić information content (AvgIpc) is 3.00. The van der Waals surface area contributed by atoms with E-state index in [9.17, 15) is 4.79 Å². The molecule has 0 radical (unpaired) electrons. The Bertz CT molecular complexity index is 732. The third kappa shape index (κ3) is 3.79. The molecular formula is C19H21NO4. The first kappa shape index (κ1) is 16.2. The number of fused-ring (bicyclic) bond motifs is 1. The van der Waals surface area contributed by atoms with E-state index in [1.165, 1.54) is 5.56 Å². The second-order valence-electron chi connectivity index (χ2n) is 6.68. The third-order valence-electron chi connectivity index (χ3n) is 3.75. The summed E-state index contributed by atoms with van der Waals surface area (Å²) >= 11 is 0. The number of carbonyl (C=O) groups is 1. The van der Waals surface area contributed by atoms with Gasteiger partial charge in [-0.05, 0) is 35.2 Å². The summed E-state index contributed by atoms with van der Waals surface area (Å²) in [4.78, 5) is 12.0. The Hall–Kier alpha value is -2.69. The van der Waals surface area contributed by atoms with Crippen molar-refractivity contribution in [2.24, 2.45) is 0 Å². The molecule has 0 saturated heterocycles. The topological polar surface area (TPSA) is 56.8 Å². The van der Waals surface area contributed by atoms with Crippen molar-refractivity contribution >= 4 is 11.6 Å². The number of anilines is 1. The number of hydrogen-bond acceptors (Lipinski definition) is 4. The zero-order chi connectivity index (χ0) is 17.2. The summed E-state index contributed by atoms with van der Waals surface area (Å²) in [6.45, 7) is 6.60. The highest BCUT2D eigenvalue weighted by molar-refractivity contribution is 5.91. The monoisotopic (exact) mass is 327 g/mol. The van der Waals surface area contributed by atoms with Crippen LogP contribution in [0.5, 0.6) is 17.2 Å². The van der Waals surface area contributed by atoms with Gasteiger partial charge in [0.2, 0.25) is 6.79 Å². The van der Waals surface area contributed by atoms with E-state index in [1.54, 1.807) is 18.2 Å². The maximum atomic E-state index is 12.0. The summed E-state index contributed by atoms with van der Waals surface area (Å²) in [5.41, 5.74) is 2.06. The molecule has 0 saturated carbocycles. The van der Waals surface area contributed by atoms with Crippen LogP contribution in [0, 0.1) is 0 Å². The molecule has 2 aromatic carbocycles. The van der Waals surface area contributed by atoms with E-state index in [0.717, 1.165) is 5.69 Å². The SMILES string of the molecule is CC(C)(C)c1ccc(NC(=O)COc2ccc3c(c2)OCO3)cc1. The molecule has 2 aromatic rings. The summed E-state index contributed by atoms with van der Waals surface area (Å²) < 4.78 is 16.0. The van der Waals surface area contributed by atoms with Crippen LogP contribution in [-0.4, -0.2) is 19.3 Å². The summed E-state index contributed by atoms with van der Waals surface area (Å²) in [5.74, 6) is 1.67. The van der Waals surface area contributed by atoms with Crippen molar-refractivity contribution in [1.29, 1.82) is 0 Å². The van der Waals surface area contributed by atoms with Gasteiger partial charge in [0, 0.05) is 11.8 Å². The molecule has 0 bridgehead atoms. The molecule has 24 heavy (non-hydrogen) atoms. The van der Waals surface area contributed by atoms with Crippen LogP contribution in [0.25, 0.3) is 0 Å². The summed E-state index contributed by atoms with van der Waals surface area (Å²) in [6, 6.07) is 13.1. The molecule has 3 rings (SSSR count). The summed E-state index contributed by atoms with van der Waals surface area (Å²) in [6.07, 6.45) is 0. The molecule has 1 N–H and O–H groups in total. The van der Waals surface area contributed by atoms with Crippen molar-refractivity contribution in [1.82, 2.24) is 0 Å². The fourth-order valence-electron chi connectivity index (χ4n) is 2.37. The van der Waals surface area contributed by atoms with Crippen LogP contribution in [-0.2, 0) is 10.2 Å². The largest absolute Gasteiger partial charge is 0.484 e. The van der Waals surface area contributed by atoms with Crippen molar-refractivity contribution in [3.05, 3.63) is 48.0 Å². The molecule has 1 heterocycles. The van der Waals surface area contributed by atoms with Gasteiger partial charge in [-0.25, -0.2) is 0 Å². The van der Waals surface area contributed by atoms with Crippen LogP contribution < -0.4 is 19.5 Å². The van der Waals surface area contributed by atoms with Gasteiger partial charge in [-0.15, -0.1) is 0 Å². The molecular weight excluding hydrogens is 306 g/mol. The fraction of sp³-hybridized carbons (Fsp3) is 0.316. The van der Waals surface area contributed by atoms with E-state index in [0.29, 0.717) is 17.2 Å². The zero-order valence-electron chi connectivity index (χ0n) is 14.1. The van der Waals surface area contributed by atoms with Crippen molar-refractivity contribution in [2.75, 3.05) is 18.7 Å². The number of ether oxygens (including phenoxy) is 3. The van der Waals surface area contributed by atoms with Gasteiger partial charge in [0.25, 0.3) is 5.91 Å². The van der Waals surface area contributed by atoms with Gasteiger partial charge in [0.05, 0.1) is 0 Å². The van der Waals surface area contributed by atoms with Gasteiger partial charge in [0.1, 0.15) is 5.75 Å². The minimum Gasteiger partial charge on any atom is -0.484 e. The normalized spacial score (nSPS) is 12.8. The molecule has 5 nitrogen and oxygen atoms in total. The van der Waals surface area contributed by atoms with Gasteiger partial charge in [-0.1, -0.05) is 32.9 Å². The number of carbonyl (C=O) groups excluding carboxylic acids is 1. The predicted octanol–water partition coefficient (Wildman–Crippen LogP) is 3.73. The Morgan fingerprint density at radius 1 is 1.08 bits per heavy atom. The third-order valence-corrected chi connectivity index (χ3v) is 3.75. The Morgan fingerprint density at radius 3 is 2.50 bits per heavy atom. The highest BCUT2D eigenvalue weighted by Crippen LogP contribution is 2.35. The van der Waals surface area contributed by atoms with Crippen LogP contribution in [0.1, 0.15) is 26.3 Å². The van der Waals surface area contributed by atoms with Crippen LogP contribution in [0.3, 0.4) is 0 Å². The number of hydrogen-bond donors (Lipinski definition) is 1. The lowest BCUT2D eigenvalue weighted by molar-refractivity contribution is -0.118. The first-order chi connectivity index (χ1) is 11.4. The molecule has 0 atom stereocenters. The molecule has 0 unspecified atom stereocenters. The molecule has 126 valence electrons. The van der Waals surface area contributed by atoms with E-state index in [-0.39, 0.29) is 24.7 Å². The van der Waals surface area contributed by atoms with Gasteiger partial charge in [0.15, 0.2) is 18.1 Å². The number of nitrogens with one attached hydrogen (secondary N) is 1. The minimum absolute atomic E-state index is 0.0688. The van der Waals surface area contributed by atoms with Crippen LogP contribution >= 0.6 is 0 Å². The Morgan fingerprint density at radius 2 is 1.79 bits per heavy atom. The minimum atomic E-state index is -0.212. The van der Waals surface area contributed by atoms with Crippen LogP contribution in [0.15, 0.2) is 42.5 Å². The van der Waals surface area contributed by atoms with Crippen LogP contribution in [0.4, 0.5) is 5.69 Å². The number of amides is 1. The number of rotatable bonds is 4. The van der Waals surface area contributed by atoms with Crippen molar-refractivity contribution in [3.63, 3.8) is 0 Å². The highest BCUT2D eigenvalue weighted by atomic mass is 16.7. The van der Waals surface area contributed by atoms with E-state index in [2.05, 4.69) is 26.1 Å². The lowest BCUT2D eigenvalue weighted by Crippen LogP contribution is -2.20. The lowest BCUT2D eigenvalue weighted by atomic mass is 9.87. The van der Waals surface area contributed by atoms with Crippen molar-refractivity contribution < 1.29 is 19.0 Å². The summed E-state index contributed by atoms with van der Waals surface area (Å²) in [5, 5.41) is 2.82. The molecule has 1 aliphatic heterocycles. The smallest absolute Gasteiger partial charge is 0.262 e. The molecule has 0 aliphatic carbocycles. The molecule has 0 aromatic heterocycles. The zero-order valence-corrected chi connectivity index (χ0v) is 14.1. The maximum absolute atomic E-state index is 12.0. The lowest BCUT2D eigenvalue weighted by Gasteiger charge is -2.19. The van der Waals surface area contributed by atoms with Gasteiger partial charge in [-0.2, -0.15) is 0 Å². The van der Waals surface area contributed by atoms with Gasteiger partial charge in [-0.3, -0.25) is 4.79 Å². The van der Waals surface area contributed by atoms with Gasteiger partial charge >= 0.3 is 0 Å². The molecule has 0 spiro atoms. The van der Waals surface area contributed by atoms with Gasteiger partial charge < -0.3 is 19.5 Å². The number of benzene rings is 2. The van der Waals surface area contributed by atoms with Crippen molar-refractivity contribution in [3.8, 4) is 17.2 Å². The van der Waals surface area contributed by atoms with E-state index < -0.39 is 0 Å². The highest BCUT2D eigenvalue weighted by Gasteiger charge is 2.15. The maximum Gasteiger partial charge on any atom is 0.262 e. The van der Waals surface area contributed by atoms with E-state index in [1.807, 2.05) is 24.3 Å². The Labute approximate surface area is 141 Å². The van der Waals surface area contributed by atoms with Crippen LogP contribution in [0.2, 0.25) is 0 Å².